The van der Waals surface area contributed by atoms with Crippen molar-refractivity contribution in [3.8, 4) is 0 Å². The van der Waals surface area contributed by atoms with Crippen LogP contribution in [0.15, 0.2) is 36.4 Å². The molecule has 0 heterocycles. The highest BCUT2D eigenvalue weighted by Gasteiger charge is 2.19. The van der Waals surface area contributed by atoms with E-state index >= 15 is 0 Å². The summed E-state index contributed by atoms with van der Waals surface area (Å²) in [6, 6.07) is 7.30. The van der Waals surface area contributed by atoms with E-state index in [-0.39, 0.29) is 32.5 Å². The lowest BCUT2D eigenvalue weighted by atomic mass is 10.1. The predicted octanol–water partition coefficient (Wildman–Crippen LogP) is 3.85. The Balaban J connectivity index is 2.32. The van der Waals surface area contributed by atoms with Crippen LogP contribution >= 0.6 is 23.2 Å². The monoisotopic (exact) mass is 354 g/mol. The zero-order valence-corrected chi connectivity index (χ0v) is 12.8. The van der Waals surface area contributed by atoms with Crippen LogP contribution in [0.3, 0.4) is 0 Å². The molecule has 0 aromatic heterocycles. The quantitative estimate of drug-likeness (QED) is 0.639. The van der Waals surface area contributed by atoms with Crippen LogP contribution in [0, 0.1) is 10.1 Å². The molecule has 0 aliphatic rings. The molecule has 0 spiro atoms. The lowest BCUT2D eigenvalue weighted by Crippen LogP contribution is -2.16. The molecule has 118 valence electrons. The van der Waals surface area contributed by atoms with Crippen molar-refractivity contribution in [1.82, 2.24) is 0 Å². The number of halogens is 2. The van der Waals surface area contributed by atoms with Crippen molar-refractivity contribution in [2.75, 3.05) is 5.32 Å². The number of nitrogens with one attached hydrogen (secondary N) is 1. The van der Waals surface area contributed by atoms with E-state index in [2.05, 4.69) is 5.32 Å². The maximum absolute atomic E-state index is 12.2. The maximum Gasteiger partial charge on any atom is 0.336 e. The summed E-state index contributed by atoms with van der Waals surface area (Å²) in [6.45, 7) is 0. The highest BCUT2D eigenvalue weighted by molar-refractivity contribution is 6.42. The van der Waals surface area contributed by atoms with Crippen LogP contribution in [0.25, 0.3) is 0 Å². The Labute approximate surface area is 139 Å². The molecular weight excluding hydrogens is 347 g/mol. The second kappa shape index (κ2) is 6.64. The first-order valence-electron chi connectivity index (χ1n) is 6.07. The molecule has 0 saturated heterocycles. The third kappa shape index (κ3) is 3.77. The average molecular weight is 355 g/mol. The Kier molecular flexibility index (Phi) is 4.83. The molecule has 7 nitrogen and oxygen atoms in total. The fraction of sp³-hybridized carbons (Fsp3) is 0. The van der Waals surface area contributed by atoms with E-state index in [0.29, 0.717) is 0 Å². The van der Waals surface area contributed by atoms with Gasteiger partial charge in [0.2, 0.25) is 0 Å². The van der Waals surface area contributed by atoms with Gasteiger partial charge in [-0.05, 0) is 24.3 Å². The number of nitrogens with zero attached hydrogens (tertiary/aromatic N) is 1. The van der Waals surface area contributed by atoms with Gasteiger partial charge < -0.3 is 10.4 Å². The number of carbonyl (C=O) groups is 2. The number of carboxylic acids is 1. The van der Waals surface area contributed by atoms with Crippen molar-refractivity contribution in [3.05, 3.63) is 67.7 Å². The number of carbonyl (C=O) groups excluding carboxylic acids is 1. The first-order chi connectivity index (χ1) is 10.8. The minimum absolute atomic E-state index is 0.0101. The highest BCUT2D eigenvalue weighted by atomic mass is 35.5. The number of amides is 1. The summed E-state index contributed by atoms with van der Waals surface area (Å²) in [4.78, 5) is 33.4. The Bertz CT molecular complexity index is 806. The zero-order chi connectivity index (χ0) is 17.1. The van der Waals surface area contributed by atoms with E-state index in [1.807, 2.05) is 0 Å². The number of benzene rings is 2. The number of carboxylic acid groups (broad SMARTS) is 1. The molecule has 1 amide bonds. The molecular formula is C14H8Cl2N2O5. The number of anilines is 1. The van der Waals surface area contributed by atoms with Crippen LogP contribution in [0.2, 0.25) is 10.0 Å². The predicted molar refractivity (Wildman–Crippen MR) is 84.5 cm³/mol. The summed E-state index contributed by atoms with van der Waals surface area (Å²) in [5.41, 5.74) is -0.351. The number of hydrogen-bond donors (Lipinski definition) is 2. The Hall–Kier alpha value is -2.64. The van der Waals surface area contributed by atoms with Gasteiger partial charge in [0.05, 0.1) is 26.1 Å². The summed E-state index contributed by atoms with van der Waals surface area (Å²) >= 11 is 11.6. The van der Waals surface area contributed by atoms with Gasteiger partial charge in [0.25, 0.3) is 11.6 Å². The molecule has 23 heavy (non-hydrogen) atoms. The van der Waals surface area contributed by atoms with E-state index in [0.717, 1.165) is 12.1 Å². The first kappa shape index (κ1) is 16.7. The summed E-state index contributed by atoms with van der Waals surface area (Å²) in [6.07, 6.45) is 0. The lowest BCUT2D eigenvalue weighted by Gasteiger charge is -2.09. The molecule has 0 fully saturated rings. The Morgan fingerprint density at radius 3 is 2.04 bits per heavy atom. The summed E-state index contributed by atoms with van der Waals surface area (Å²) in [5, 5.41) is 22.2. The van der Waals surface area contributed by atoms with Gasteiger partial charge >= 0.3 is 5.97 Å². The van der Waals surface area contributed by atoms with Gasteiger partial charge in [-0.3, -0.25) is 14.9 Å². The molecule has 0 unspecified atom stereocenters. The van der Waals surface area contributed by atoms with E-state index in [1.54, 1.807) is 0 Å². The molecule has 2 aromatic carbocycles. The third-order valence-corrected chi connectivity index (χ3v) is 3.59. The van der Waals surface area contributed by atoms with Gasteiger partial charge in [-0.15, -0.1) is 0 Å². The number of hydrogen-bond acceptors (Lipinski definition) is 4. The van der Waals surface area contributed by atoms with Crippen LogP contribution in [-0.2, 0) is 0 Å². The lowest BCUT2D eigenvalue weighted by molar-refractivity contribution is -0.384. The van der Waals surface area contributed by atoms with Crippen molar-refractivity contribution in [2.24, 2.45) is 0 Å². The molecule has 2 rings (SSSR count). The fourth-order valence-corrected chi connectivity index (χ4v) is 2.10. The topological polar surface area (TPSA) is 110 Å². The largest absolute Gasteiger partial charge is 0.478 e. The average Bonchev–Trinajstić information content (AvgIpc) is 2.49. The van der Waals surface area contributed by atoms with Crippen LogP contribution in [0.1, 0.15) is 20.7 Å². The number of nitro benzene ring substituents is 1. The van der Waals surface area contributed by atoms with Crippen molar-refractivity contribution >= 4 is 46.5 Å². The van der Waals surface area contributed by atoms with Crippen LogP contribution < -0.4 is 5.32 Å². The molecule has 9 heteroatoms. The summed E-state index contributed by atoms with van der Waals surface area (Å²) in [7, 11) is 0. The molecule has 2 aromatic rings. The first-order valence-corrected chi connectivity index (χ1v) is 6.83. The number of aromatic carboxylic acids is 1. The SMILES string of the molecule is O=C(O)c1cc(Cl)c(Cl)cc1C(=O)Nc1ccc([N+](=O)[O-])cc1. The molecule has 0 radical (unpaired) electrons. The van der Waals surface area contributed by atoms with E-state index in [4.69, 9.17) is 28.3 Å². The van der Waals surface area contributed by atoms with Crippen molar-refractivity contribution in [2.45, 2.75) is 0 Å². The van der Waals surface area contributed by atoms with Gasteiger partial charge in [0.15, 0.2) is 0 Å². The van der Waals surface area contributed by atoms with E-state index in [9.17, 15) is 19.7 Å². The minimum atomic E-state index is -1.34. The number of nitro groups is 1. The normalized spacial score (nSPS) is 10.2. The second-order valence-corrected chi connectivity index (χ2v) is 5.19. The maximum atomic E-state index is 12.2. The van der Waals surface area contributed by atoms with Crippen molar-refractivity contribution < 1.29 is 19.6 Å². The molecule has 0 aliphatic carbocycles. The second-order valence-electron chi connectivity index (χ2n) is 4.38. The Morgan fingerprint density at radius 1 is 1.04 bits per heavy atom. The van der Waals surface area contributed by atoms with Crippen LogP contribution in [0.4, 0.5) is 11.4 Å². The van der Waals surface area contributed by atoms with Crippen molar-refractivity contribution in [3.63, 3.8) is 0 Å². The molecule has 0 saturated carbocycles. The third-order valence-electron chi connectivity index (χ3n) is 2.87. The van der Waals surface area contributed by atoms with Gasteiger partial charge in [-0.1, -0.05) is 23.2 Å². The fourth-order valence-electron chi connectivity index (χ4n) is 1.78. The standard InChI is InChI=1S/C14H8Cl2N2O5/c15-11-5-9(10(14(20)21)6-12(11)16)13(19)17-7-1-3-8(4-2-7)18(22)23/h1-6H,(H,17,19)(H,20,21). The van der Waals surface area contributed by atoms with Gasteiger partial charge in [-0.2, -0.15) is 0 Å². The summed E-state index contributed by atoms with van der Waals surface area (Å²) < 4.78 is 0. The van der Waals surface area contributed by atoms with E-state index < -0.39 is 16.8 Å². The van der Waals surface area contributed by atoms with Gasteiger partial charge in [0, 0.05) is 17.8 Å². The van der Waals surface area contributed by atoms with Crippen molar-refractivity contribution in [1.29, 1.82) is 0 Å². The molecule has 0 aliphatic heterocycles. The molecule has 2 N–H and O–H groups in total. The van der Waals surface area contributed by atoms with Crippen LogP contribution in [0.5, 0.6) is 0 Å². The zero-order valence-electron chi connectivity index (χ0n) is 11.2. The smallest absolute Gasteiger partial charge is 0.336 e. The van der Waals surface area contributed by atoms with Gasteiger partial charge in [0.1, 0.15) is 0 Å². The molecule has 0 atom stereocenters. The highest BCUT2D eigenvalue weighted by Crippen LogP contribution is 2.27. The van der Waals surface area contributed by atoms with Crippen LogP contribution in [-0.4, -0.2) is 21.9 Å². The number of rotatable bonds is 4. The minimum Gasteiger partial charge on any atom is -0.478 e. The molecule has 0 bridgehead atoms. The van der Waals surface area contributed by atoms with Gasteiger partial charge in [-0.25, -0.2) is 4.79 Å². The number of non-ortho nitro benzene ring substituents is 1. The summed E-state index contributed by atoms with van der Waals surface area (Å²) in [5.74, 6) is -2.06. The van der Waals surface area contributed by atoms with E-state index in [1.165, 1.54) is 24.3 Å². The Morgan fingerprint density at radius 2 is 1.57 bits per heavy atom.